The van der Waals surface area contributed by atoms with E-state index in [4.69, 9.17) is 0 Å². The number of thioether (sulfide) groups is 1. The monoisotopic (exact) mass is 184 g/mol. The summed E-state index contributed by atoms with van der Waals surface area (Å²) in [6.07, 6.45) is 8.29. The van der Waals surface area contributed by atoms with Gasteiger partial charge < -0.3 is 0 Å². The average molecular weight is 184 g/mol. The molecule has 0 heterocycles. The van der Waals surface area contributed by atoms with Crippen LogP contribution in [-0.4, -0.2) is 16.3 Å². The van der Waals surface area contributed by atoms with Crippen molar-refractivity contribution in [2.75, 3.05) is 0 Å². The fourth-order valence-electron chi connectivity index (χ4n) is 1.83. The molecule has 0 aromatic carbocycles. The Morgan fingerprint density at radius 1 is 1.00 bits per heavy atom. The van der Waals surface area contributed by atoms with Gasteiger partial charge >= 0.3 is 0 Å². The largest absolute Gasteiger partial charge is 0.300 e. The molecule has 0 aliphatic heterocycles. The molecule has 0 atom stereocenters. The number of hydrogen-bond donors (Lipinski definition) is 0. The second kappa shape index (κ2) is 3.82. The molecule has 0 N–H and O–H groups in total. The Morgan fingerprint density at radius 2 is 1.58 bits per heavy atom. The number of Topliss-reactive ketones (excluding diaryl/α,β-unsaturated/α-hetero) is 1. The minimum atomic E-state index is 0.487. The highest BCUT2D eigenvalue weighted by atomic mass is 32.2. The Hall–Kier alpha value is 0.0200. The fraction of sp³-hybridized carbons (Fsp3) is 0.900. The molecule has 2 aliphatic rings. The van der Waals surface area contributed by atoms with Crippen LogP contribution in [-0.2, 0) is 4.79 Å². The lowest BCUT2D eigenvalue weighted by Crippen LogP contribution is -2.22. The molecule has 2 aliphatic carbocycles. The molecule has 0 spiro atoms. The Morgan fingerprint density at radius 3 is 2.08 bits per heavy atom. The number of ketones is 1. The first-order valence-electron chi connectivity index (χ1n) is 5.02. The Bertz CT molecular complexity index is 165. The van der Waals surface area contributed by atoms with Crippen LogP contribution in [0.1, 0.15) is 44.9 Å². The minimum Gasteiger partial charge on any atom is -0.300 e. The Kier molecular flexibility index (Phi) is 2.74. The number of rotatable bonds is 2. The molecule has 0 saturated heterocycles. The quantitative estimate of drug-likeness (QED) is 0.656. The van der Waals surface area contributed by atoms with Crippen LogP contribution in [0.5, 0.6) is 0 Å². The predicted octanol–water partition coefficient (Wildman–Crippen LogP) is 2.78. The SMILES string of the molecule is O=C1CCC(SC2CCC2)CC1. The predicted molar refractivity (Wildman–Crippen MR) is 52.5 cm³/mol. The fourth-order valence-corrected chi connectivity index (χ4v) is 3.49. The molecular weight excluding hydrogens is 168 g/mol. The molecule has 0 bridgehead atoms. The van der Waals surface area contributed by atoms with Crippen LogP contribution in [0.25, 0.3) is 0 Å². The minimum absolute atomic E-state index is 0.487. The van der Waals surface area contributed by atoms with Crippen molar-refractivity contribution in [3.05, 3.63) is 0 Å². The van der Waals surface area contributed by atoms with Crippen molar-refractivity contribution < 1.29 is 4.79 Å². The molecule has 0 unspecified atom stereocenters. The van der Waals surface area contributed by atoms with E-state index in [2.05, 4.69) is 11.8 Å². The molecule has 2 rings (SSSR count). The van der Waals surface area contributed by atoms with Gasteiger partial charge in [-0.05, 0) is 25.7 Å². The van der Waals surface area contributed by atoms with Crippen LogP contribution in [0.4, 0.5) is 0 Å². The highest BCUT2D eigenvalue weighted by Crippen LogP contribution is 2.38. The van der Waals surface area contributed by atoms with Crippen molar-refractivity contribution in [1.29, 1.82) is 0 Å². The topological polar surface area (TPSA) is 17.1 Å². The standard InChI is InChI=1S/C10H16OS/c11-8-4-6-10(7-5-8)12-9-2-1-3-9/h9-10H,1-7H2. The van der Waals surface area contributed by atoms with Crippen LogP contribution >= 0.6 is 11.8 Å². The highest BCUT2D eigenvalue weighted by molar-refractivity contribution is 8.00. The van der Waals surface area contributed by atoms with Crippen LogP contribution in [0.15, 0.2) is 0 Å². The molecule has 0 radical (unpaired) electrons. The number of carbonyl (C=O) groups is 1. The van der Waals surface area contributed by atoms with Gasteiger partial charge in [0.05, 0.1) is 0 Å². The summed E-state index contributed by atoms with van der Waals surface area (Å²) >= 11 is 2.16. The van der Waals surface area contributed by atoms with E-state index in [0.717, 1.165) is 36.2 Å². The van der Waals surface area contributed by atoms with Crippen LogP contribution in [0.3, 0.4) is 0 Å². The Balaban J connectivity index is 1.70. The summed E-state index contributed by atoms with van der Waals surface area (Å²) in [5.41, 5.74) is 0. The van der Waals surface area contributed by atoms with Gasteiger partial charge in [0.25, 0.3) is 0 Å². The molecule has 0 amide bonds. The third kappa shape index (κ3) is 2.03. The van der Waals surface area contributed by atoms with Crippen LogP contribution < -0.4 is 0 Å². The van der Waals surface area contributed by atoms with Gasteiger partial charge in [-0.3, -0.25) is 4.79 Å². The van der Waals surface area contributed by atoms with E-state index in [-0.39, 0.29) is 0 Å². The summed E-state index contributed by atoms with van der Waals surface area (Å²) < 4.78 is 0. The van der Waals surface area contributed by atoms with E-state index in [1.165, 1.54) is 19.3 Å². The summed E-state index contributed by atoms with van der Waals surface area (Å²) in [7, 11) is 0. The summed E-state index contributed by atoms with van der Waals surface area (Å²) in [5, 5.41) is 1.76. The first-order chi connectivity index (χ1) is 5.84. The van der Waals surface area contributed by atoms with Crippen molar-refractivity contribution >= 4 is 17.5 Å². The van der Waals surface area contributed by atoms with E-state index >= 15 is 0 Å². The number of carbonyl (C=O) groups excluding carboxylic acids is 1. The maximum atomic E-state index is 11.0. The lowest BCUT2D eigenvalue weighted by Gasteiger charge is -2.30. The second-order valence-corrected chi connectivity index (χ2v) is 5.53. The average Bonchev–Trinajstić information content (AvgIpc) is 2.00. The van der Waals surface area contributed by atoms with Crippen LogP contribution in [0, 0.1) is 0 Å². The summed E-state index contributed by atoms with van der Waals surface area (Å²) in [6, 6.07) is 0. The van der Waals surface area contributed by atoms with Gasteiger partial charge in [0, 0.05) is 23.3 Å². The lowest BCUT2D eigenvalue weighted by molar-refractivity contribution is -0.120. The van der Waals surface area contributed by atoms with Crippen molar-refractivity contribution in [3.63, 3.8) is 0 Å². The van der Waals surface area contributed by atoms with E-state index in [9.17, 15) is 4.79 Å². The van der Waals surface area contributed by atoms with Gasteiger partial charge in [0.2, 0.25) is 0 Å². The molecule has 0 aromatic rings. The zero-order chi connectivity index (χ0) is 8.39. The zero-order valence-electron chi connectivity index (χ0n) is 7.42. The lowest BCUT2D eigenvalue weighted by atomic mass is 9.98. The molecule has 2 heteroatoms. The third-order valence-corrected chi connectivity index (χ3v) is 4.64. The van der Waals surface area contributed by atoms with Gasteiger partial charge in [-0.1, -0.05) is 6.42 Å². The Labute approximate surface area is 78.3 Å². The normalized spacial score (nSPS) is 27.2. The number of hydrogen-bond acceptors (Lipinski definition) is 2. The van der Waals surface area contributed by atoms with E-state index < -0.39 is 0 Å². The molecule has 12 heavy (non-hydrogen) atoms. The maximum Gasteiger partial charge on any atom is 0.132 e. The van der Waals surface area contributed by atoms with E-state index in [1.54, 1.807) is 0 Å². The van der Waals surface area contributed by atoms with E-state index in [1.807, 2.05) is 0 Å². The van der Waals surface area contributed by atoms with Crippen LogP contribution in [0.2, 0.25) is 0 Å². The summed E-state index contributed by atoms with van der Waals surface area (Å²) in [6.45, 7) is 0. The molecule has 2 fully saturated rings. The molecule has 1 nitrogen and oxygen atoms in total. The van der Waals surface area contributed by atoms with Crippen molar-refractivity contribution in [3.8, 4) is 0 Å². The molecule has 2 saturated carbocycles. The summed E-state index contributed by atoms with van der Waals surface area (Å²) in [4.78, 5) is 11.0. The van der Waals surface area contributed by atoms with Gasteiger partial charge in [0.15, 0.2) is 0 Å². The van der Waals surface area contributed by atoms with Crippen molar-refractivity contribution in [2.45, 2.75) is 55.4 Å². The smallest absolute Gasteiger partial charge is 0.132 e. The second-order valence-electron chi connectivity index (χ2n) is 3.93. The molecule has 0 aromatic heterocycles. The first-order valence-corrected chi connectivity index (χ1v) is 5.96. The van der Waals surface area contributed by atoms with E-state index in [0.29, 0.717) is 5.78 Å². The zero-order valence-corrected chi connectivity index (χ0v) is 8.24. The van der Waals surface area contributed by atoms with Gasteiger partial charge in [-0.2, -0.15) is 11.8 Å². The van der Waals surface area contributed by atoms with Gasteiger partial charge in [0.1, 0.15) is 5.78 Å². The maximum absolute atomic E-state index is 11.0. The molecular formula is C10H16OS. The molecule has 68 valence electrons. The highest BCUT2D eigenvalue weighted by Gasteiger charge is 2.25. The first kappa shape index (κ1) is 8.61. The van der Waals surface area contributed by atoms with Gasteiger partial charge in [-0.15, -0.1) is 0 Å². The third-order valence-electron chi connectivity index (χ3n) is 2.93. The summed E-state index contributed by atoms with van der Waals surface area (Å²) in [5.74, 6) is 0.487. The van der Waals surface area contributed by atoms with Crippen molar-refractivity contribution in [1.82, 2.24) is 0 Å². The van der Waals surface area contributed by atoms with Gasteiger partial charge in [-0.25, -0.2) is 0 Å². The van der Waals surface area contributed by atoms with Crippen molar-refractivity contribution in [2.24, 2.45) is 0 Å².